The molecule has 3 aromatic rings. The minimum atomic E-state index is -4.31. The first-order valence-electron chi connectivity index (χ1n) is 11.0. The number of aromatic nitrogens is 1. The van der Waals surface area contributed by atoms with Gasteiger partial charge in [0.25, 0.3) is 0 Å². The zero-order valence-electron chi connectivity index (χ0n) is 18.3. The molecule has 1 aromatic heterocycles. The van der Waals surface area contributed by atoms with Crippen molar-refractivity contribution < 1.29 is 22.7 Å². The van der Waals surface area contributed by atoms with Gasteiger partial charge in [0.2, 0.25) is 0 Å². The average molecular weight is 454 g/mol. The third kappa shape index (κ3) is 5.79. The Bertz CT molecular complexity index is 1070. The molecule has 1 aliphatic rings. The van der Waals surface area contributed by atoms with Gasteiger partial charge >= 0.3 is 6.18 Å². The van der Waals surface area contributed by atoms with Crippen molar-refractivity contribution in [1.82, 2.24) is 9.88 Å². The van der Waals surface area contributed by atoms with Crippen LogP contribution in [0.5, 0.6) is 5.75 Å². The molecule has 172 valence electrons. The molecule has 4 nitrogen and oxygen atoms in total. The number of likely N-dealkylation sites (tertiary alicyclic amines) is 1. The second kappa shape index (κ2) is 9.75. The smallest absolute Gasteiger partial charge is 0.416 e. The van der Waals surface area contributed by atoms with Crippen LogP contribution >= 0.6 is 0 Å². The summed E-state index contributed by atoms with van der Waals surface area (Å²) in [6, 6.07) is 16.7. The predicted molar refractivity (Wildman–Crippen MR) is 120 cm³/mol. The maximum atomic E-state index is 12.7. The minimum Gasteiger partial charge on any atom is -0.488 e. The molecule has 0 atom stereocenters. The number of rotatable bonds is 8. The molecule has 1 saturated heterocycles. The highest BCUT2D eigenvalue weighted by Crippen LogP contribution is 2.30. The van der Waals surface area contributed by atoms with Crippen LogP contribution in [0.4, 0.5) is 13.2 Å². The zero-order valence-corrected chi connectivity index (χ0v) is 18.3. The zero-order chi connectivity index (χ0) is 23.4. The molecule has 1 fully saturated rings. The summed E-state index contributed by atoms with van der Waals surface area (Å²) in [6.45, 7) is 4.01. The van der Waals surface area contributed by atoms with E-state index >= 15 is 0 Å². The molecular formula is C26H25F3N2O2. The number of halogens is 3. The molecule has 0 radical (unpaired) electrons. The van der Waals surface area contributed by atoms with E-state index in [1.54, 1.807) is 12.3 Å². The number of ether oxygens (including phenoxy) is 1. The third-order valence-corrected chi connectivity index (χ3v) is 5.63. The van der Waals surface area contributed by atoms with Gasteiger partial charge in [-0.25, -0.2) is 0 Å². The van der Waals surface area contributed by atoms with Crippen LogP contribution in [0.25, 0.3) is 11.1 Å². The van der Waals surface area contributed by atoms with E-state index in [1.807, 2.05) is 37.3 Å². The van der Waals surface area contributed by atoms with Gasteiger partial charge in [0.1, 0.15) is 17.5 Å². The third-order valence-electron chi connectivity index (χ3n) is 5.63. The van der Waals surface area contributed by atoms with Gasteiger partial charge in [-0.1, -0.05) is 37.3 Å². The van der Waals surface area contributed by atoms with Crippen molar-refractivity contribution in [1.29, 1.82) is 0 Å². The normalized spacial score (nSPS) is 14.7. The molecule has 0 unspecified atom stereocenters. The van der Waals surface area contributed by atoms with Gasteiger partial charge in [-0.3, -0.25) is 14.7 Å². The summed E-state index contributed by atoms with van der Waals surface area (Å²) >= 11 is 0. The molecule has 33 heavy (non-hydrogen) atoms. The van der Waals surface area contributed by atoms with Crippen LogP contribution in [-0.4, -0.2) is 34.9 Å². The maximum Gasteiger partial charge on any atom is 0.416 e. The van der Waals surface area contributed by atoms with Crippen LogP contribution in [0.3, 0.4) is 0 Å². The van der Waals surface area contributed by atoms with E-state index in [0.29, 0.717) is 18.7 Å². The van der Waals surface area contributed by atoms with Gasteiger partial charge in [-0.2, -0.15) is 13.2 Å². The molecule has 2 aromatic carbocycles. The molecule has 0 aliphatic carbocycles. The van der Waals surface area contributed by atoms with Crippen molar-refractivity contribution in [2.75, 3.05) is 13.1 Å². The highest BCUT2D eigenvalue weighted by molar-refractivity contribution is 5.94. The molecule has 0 spiro atoms. The van der Waals surface area contributed by atoms with E-state index in [-0.39, 0.29) is 11.9 Å². The van der Waals surface area contributed by atoms with Crippen molar-refractivity contribution in [3.05, 3.63) is 83.7 Å². The Hall–Kier alpha value is -3.19. The molecule has 7 heteroatoms. The number of benzene rings is 2. The van der Waals surface area contributed by atoms with E-state index in [4.69, 9.17) is 4.74 Å². The van der Waals surface area contributed by atoms with E-state index < -0.39 is 11.7 Å². The van der Waals surface area contributed by atoms with Gasteiger partial charge < -0.3 is 4.74 Å². The fourth-order valence-corrected chi connectivity index (χ4v) is 3.79. The quantitative estimate of drug-likeness (QED) is 0.391. The Kier molecular flexibility index (Phi) is 6.79. The van der Waals surface area contributed by atoms with E-state index in [1.165, 1.54) is 12.1 Å². The first kappa shape index (κ1) is 23.0. The van der Waals surface area contributed by atoms with Gasteiger partial charge in [0.15, 0.2) is 5.78 Å². The fraction of sp³-hybridized carbons (Fsp3) is 0.308. The summed E-state index contributed by atoms with van der Waals surface area (Å²) in [5, 5.41) is 0. The van der Waals surface area contributed by atoms with Gasteiger partial charge in [0, 0.05) is 37.8 Å². The predicted octanol–water partition coefficient (Wildman–Crippen LogP) is 6.01. The number of hydrogen-bond acceptors (Lipinski definition) is 4. The topological polar surface area (TPSA) is 42.4 Å². The lowest BCUT2D eigenvalue weighted by Gasteiger charge is -2.39. The SMILES string of the molecule is CCCC(=O)c1ccc(-c2ccc(OC3CN(Cc4ccc(C(F)(F)F)cc4)C3)cc2)cn1. The standard InChI is InChI=1S/C26H25F3N2O2/c1-2-3-25(32)24-13-8-20(14-30-24)19-6-11-22(12-7-19)33-23-16-31(17-23)15-18-4-9-21(10-5-18)26(27,28)29/h4-14,23H,2-3,15-17H2,1H3. The van der Waals surface area contributed by atoms with E-state index in [9.17, 15) is 18.0 Å². The summed E-state index contributed by atoms with van der Waals surface area (Å²) < 4.78 is 44.0. The molecule has 4 rings (SSSR count). The first-order valence-corrected chi connectivity index (χ1v) is 11.0. The molecular weight excluding hydrogens is 429 g/mol. The highest BCUT2D eigenvalue weighted by Gasteiger charge is 2.31. The fourth-order valence-electron chi connectivity index (χ4n) is 3.79. The Morgan fingerprint density at radius 3 is 2.24 bits per heavy atom. The monoisotopic (exact) mass is 454 g/mol. The minimum absolute atomic E-state index is 0.0517. The molecule has 2 heterocycles. The van der Waals surface area contributed by atoms with Crippen molar-refractivity contribution in [3.63, 3.8) is 0 Å². The van der Waals surface area contributed by atoms with Crippen LogP contribution < -0.4 is 4.74 Å². The molecule has 0 bridgehead atoms. The Balaban J connectivity index is 1.26. The second-order valence-corrected chi connectivity index (χ2v) is 8.26. The molecule has 1 aliphatic heterocycles. The van der Waals surface area contributed by atoms with Crippen LogP contribution in [0, 0.1) is 0 Å². The molecule has 0 amide bonds. The maximum absolute atomic E-state index is 12.7. The van der Waals surface area contributed by atoms with Crippen molar-refractivity contribution >= 4 is 5.78 Å². The Labute approximate surface area is 191 Å². The molecule has 0 saturated carbocycles. The lowest BCUT2D eigenvalue weighted by molar-refractivity contribution is -0.137. The summed E-state index contributed by atoms with van der Waals surface area (Å²) in [6.07, 6.45) is -1.24. The second-order valence-electron chi connectivity index (χ2n) is 8.26. The first-order chi connectivity index (χ1) is 15.8. The van der Waals surface area contributed by atoms with E-state index in [2.05, 4.69) is 9.88 Å². The van der Waals surface area contributed by atoms with Crippen molar-refractivity contribution in [2.45, 2.75) is 38.6 Å². The number of pyridine rings is 1. The van der Waals surface area contributed by atoms with Crippen molar-refractivity contribution in [3.8, 4) is 16.9 Å². The average Bonchev–Trinajstić information content (AvgIpc) is 2.78. The number of alkyl halides is 3. The molecule has 0 N–H and O–H groups in total. The van der Waals surface area contributed by atoms with E-state index in [0.717, 1.165) is 54.1 Å². The van der Waals surface area contributed by atoms with Gasteiger partial charge in [-0.05, 0) is 47.9 Å². The number of Topliss-reactive ketones (excluding diaryl/α,β-unsaturated/α-hetero) is 1. The van der Waals surface area contributed by atoms with Gasteiger partial charge in [0.05, 0.1) is 5.56 Å². The summed E-state index contributed by atoms with van der Waals surface area (Å²) in [4.78, 5) is 18.3. The lowest BCUT2D eigenvalue weighted by atomic mass is 10.1. The number of carbonyl (C=O) groups is 1. The number of hydrogen-bond donors (Lipinski definition) is 0. The summed E-state index contributed by atoms with van der Waals surface area (Å²) in [5.74, 6) is 0.821. The number of carbonyl (C=O) groups excluding carboxylic acids is 1. The van der Waals surface area contributed by atoms with Crippen molar-refractivity contribution in [2.24, 2.45) is 0 Å². The van der Waals surface area contributed by atoms with Crippen LogP contribution in [0.15, 0.2) is 66.9 Å². The summed E-state index contributed by atoms with van der Waals surface area (Å²) in [5.41, 5.74) is 2.63. The highest BCUT2D eigenvalue weighted by atomic mass is 19.4. The van der Waals surface area contributed by atoms with Crippen LogP contribution in [0.2, 0.25) is 0 Å². The number of ketones is 1. The van der Waals surface area contributed by atoms with Crippen LogP contribution in [-0.2, 0) is 12.7 Å². The Morgan fingerprint density at radius 1 is 1.00 bits per heavy atom. The lowest BCUT2D eigenvalue weighted by Crippen LogP contribution is -2.53. The number of nitrogens with zero attached hydrogens (tertiary/aromatic N) is 2. The van der Waals surface area contributed by atoms with Gasteiger partial charge in [-0.15, -0.1) is 0 Å². The Morgan fingerprint density at radius 2 is 1.67 bits per heavy atom. The summed E-state index contributed by atoms with van der Waals surface area (Å²) in [7, 11) is 0. The van der Waals surface area contributed by atoms with Crippen LogP contribution in [0.1, 0.15) is 41.4 Å². The largest absolute Gasteiger partial charge is 0.488 e.